The number of terminal acetylenes is 1. The van der Waals surface area contributed by atoms with E-state index < -0.39 is 0 Å². The average Bonchev–Trinajstić information content (AvgIpc) is 1.89. The molecule has 0 aromatic carbocycles. The van der Waals surface area contributed by atoms with Gasteiger partial charge in [0.25, 0.3) is 0 Å². The molecule has 0 rings (SSSR count). The van der Waals surface area contributed by atoms with Crippen molar-refractivity contribution in [1.29, 1.82) is 0 Å². The van der Waals surface area contributed by atoms with Crippen molar-refractivity contribution in [2.24, 2.45) is 0 Å². The topological polar surface area (TPSA) is 0 Å². The fourth-order valence-electron chi connectivity index (χ4n) is 0.656. The number of unbranched alkanes of at least 4 members (excludes halogenated alkanes) is 3. The summed E-state index contributed by atoms with van der Waals surface area (Å²) in [6.07, 6.45) is 13.8. The van der Waals surface area contributed by atoms with Gasteiger partial charge in [-0.05, 0) is 26.2 Å². The van der Waals surface area contributed by atoms with E-state index in [2.05, 4.69) is 18.1 Å². The van der Waals surface area contributed by atoms with E-state index in [0.717, 1.165) is 6.42 Å². The van der Waals surface area contributed by atoms with E-state index in [4.69, 9.17) is 6.42 Å². The molecule has 0 spiro atoms. The van der Waals surface area contributed by atoms with Crippen LogP contribution in [-0.4, -0.2) is 0 Å². The Morgan fingerprint density at radius 2 is 2.22 bits per heavy atom. The standard InChI is InChI=1S/C9H14/c1-3-5-7-9-8-6-4-2/h1,4,6H,5,7-9H2,2H3. The summed E-state index contributed by atoms with van der Waals surface area (Å²) in [4.78, 5) is 0. The second-order valence-electron chi connectivity index (χ2n) is 2.02. The lowest BCUT2D eigenvalue weighted by Crippen LogP contribution is -1.70. The fraction of sp³-hybridized carbons (Fsp3) is 0.556. The average molecular weight is 122 g/mol. The van der Waals surface area contributed by atoms with Crippen molar-refractivity contribution in [2.75, 3.05) is 0 Å². The minimum absolute atomic E-state index is 0.928. The number of hydrogen-bond donors (Lipinski definition) is 0. The van der Waals surface area contributed by atoms with Crippen LogP contribution in [0.5, 0.6) is 0 Å². The lowest BCUT2D eigenvalue weighted by atomic mass is 10.2. The lowest BCUT2D eigenvalue weighted by Gasteiger charge is -1.88. The summed E-state index contributed by atoms with van der Waals surface area (Å²) < 4.78 is 0. The number of allylic oxidation sites excluding steroid dienone is 2. The van der Waals surface area contributed by atoms with E-state index in [-0.39, 0.29) is 0 Å². The Balaban J connectivity index is 2.85. The third kappa shape index (κ3) is 7.30. The third-order valence-corrected chi connectivity index (χ3v) is 1.18. The Morgan fingerprint density at radius 1 is 1.44 bits per heavy atom. The van der Waals surface area contributed by atoms with Crippen LogP contribution in [0.3, 0.4) is 0 Å². The van der Waals surface area contributed by atoms with Gasteiger partial charge in [-0.1, -0.05) is 12.2 Å². The summed E-state index contributed by atoms with van der Waals surface area (Å²) in [6.45, 7) is 2.04. The molecule has 0 aliphatic carbocycles. The van der Waals surface area contributed by atoms with Crippen LogP contribution < -0.4 is 0 Å². The highest BCUT2D eigenvalue weighted by Crippen LogP contribution is 1.98. The summed E-state index contributed by atoms with van der Waals surface area (Å²) >= 11 is 0. The van der Waals surface area contributed by atoms with Crippen molar-refractivity contribution in [1.82, 2.24) is 0 Å². The Morgan fingerprint density at radius 3 is 2.78 bits per heavy atom. The molecule has 0 bridgehead atoms. The summed E-state index contributed by atoms with van der Waals surface area (Å²) in [5.74, 6) is 2.62. The van der Waals surface area contributed by atoms with Crippen LogP contribution in [-0.2, 0) is 0 Å². The molecule has 0 atom stereocenters. The smallest absolute Gasteiger partial charge is 0.00861 e. The molecular formula is C9H14. The molecular weight excluding hydrogens is 108 g/mol. The molecule has 0 unspecified atom stereocenters. The first-order chi connectivity index (χ1) is 4.41. The summed E-state index contributed by atoms with van der Waals surface area (Å²) in [5.41, 5.74) is 0. The monoisotopic (exact) mass is 122 g/mol. The second-order valence-corrected chi connectivity index (χ2v) is 2.02. The maximum absolute atomic E-state index is 5.08. The van der Waals surface area contributed by atoms with E-state index in [1.807, 2.05) is 6.92 Å². The molecule has 0 aromatic rings. The predicted octanol–water partition coefficient (Wildman–Crippen LogP) is 2.76. The Labute approximate surface area is 58.0 Å². The van der Waals surface area contributed by atoms with Crippen LogP contribution in [0, 0.1) is 12.3 Å². The highest BCUT2D eigenvalue weighted by Gasteiger charge is 1.80. The molecule has 9 heavy (non-hydrogen) atoms. The summed E-state index contributed by atoms with van der Waals surface area (Å²) in [5, 5.41) is 0. The van der Waals surface area contributed by atoms with Crippen molar-refractivity contribution in [3.63, 3.8) is 0 Å². The maximum atomic E-state index is 5.08. The third-order valence-electron chi connectivity index (χ3n) is 1.18. The Hall–Kier alpha value is -0.700. The van der Waals surface area contributed by atoms with Crippen molar-refractivity contribution in [2.45, 2.75) is 32.6 Å². The van der Waals surface area contributed by atoms with Crippen molar-refractivity contribution >= 4 is 0 Å². The summed E-state index contributed by atoms with van der Waals surface area (Å²) in [6, 6.07) is 0. The van der Waals surface area contributed by atoms with Crippen LogP contribution >= 0.6 is 0 Å². The Kier molecular flexibility index (Phi) is 6.73. The van der Waals surface area contributed by atoms with Crippen LogP contribution in [0.2, 0.25) is 0 Å². The lowest BCUT2D eigenvalue weighted by molar-refractivity contribution is 0.772. The highest BCUT2D eigenvalue weighted by atomic mass is 13.9. The van der Waals surface area contributed by atoms with Gasteiger partial charge in [0.15, 0.2) is 0 Å². The molecule has 0 heteroatoms. The van der Waals surface area contributed by atoms with E-state index in [9.17, 15) is 0 Å². The van der Waals surface area contributed by atoms with Gasteiger partial charge in [0.2, 0.25) is 0 Å². The highest BCUT2D eigenvalue weighted by molar-refractivity contribution is 4.84. The fourth-order valence-corrected chi connectivity index (χ4v) is 0.656. The van der Waals surface area contributed by atoms with Gasteiger partial charge in [-0.2, -0.15) is 0 Å². The van der Waals surface area contributed by atoms with Crippen LogP contribution in [0.1, 0.15) is 32.6 Å². The number of hydrogen-bond acceptors (Lipinski definition) is 0. The molecule has 50 valence electrons. The van der Waals surface area contributed by atoms with E-state index in [1.54, 1.807) is 0 Å². The van der Waals surface area contributed by atoms with Gasteiger partial charge in [0.05, 0.1) is 0 Å². The van der Waals surface area contributed by atoms with E-state index >= 15 is 0 Å². The van der Waals surface area contributed by atoms with Crippen LogP contribution in [0.25, 0.3) is 0 Å². The van der Waals surface area contributed by atoms with E-state index in [1.165, 1.54) is 19.3 Å². The van der Waals surface area contributed by atoms with Gasteiger partial charge < -0.3 is 0 Å². The van der Waals surface area contributed by atoms with E-state index in [0.29, 0.717) is 0 Å². The molecule has 0 aliphatic rings. The molecule has 0 amide bonds. The van der Waals surface area contributed by atoms with Crippen LogP contribution in [0.4, 0.5) is 0 Å². The van der Waals surface area contributed by atoms with Crippen molar-refractivity contribution < 1.29 is 0 Å². The van der Waals surface area contributed by atoms with Gasteiger partial charge in [-0.3, -0.25) is 0 Å². The first-order valence-electron chi connectivity index (χ1n) is 3.46. The van der Waals surface area contributed by atoms with Gasteiger partial charge in [-0.25, -0.2) is 0 Å². The van der Waals surface area contributed by atoms with Gasteiger partial charge in [0.1, 0.15) is 0 Å². The largest absolute Gasteiger partial charge is 0.120 e. The van der Waals surface area contributed by atoms with Crippen LogP contribution in [0.15, 0.2) is 12.2 Å². The second kappa shape index (κ2) is 7.30. The number of rotatable bonds is 4. The molecule has 0 aromatic heterocycles. The molecule has 0 saturated carbocycles. The molecule has 0 aliphatic heterocycles. The van der Waals surface area contributed by atoms with Gasteiger partial charge in [0, 0.05) is 6.42 Å². The molecule has 0 nitrogen and oxygen atoms in total. The molecule has 0 fully saturated rings. The van der Waals surface area contributed by atoms with Gasteiger partial charge in [-0.15, -0.1) is 12.3 Å². The molecule has 0 saturated heterocycles. The minimum atomic E-state index is 0.928. The molecule has 0 heterocycles. The zero-order chi connectivity index (χ0) is 6.95. The minimum Gasteiger partial charge on any atom is -0.120 e. The normalized spacial score (nSPS) is 9.78. The molecule has 0 N–H and O–H groups in total. The zero-order valence-corrected chi connectivity index (χ0v) is 6.06. The quantitative estimate of drug-likeness (QED) is 0.305. The Bertz CT molecular complexity index is 104. The van der Waals surface area contributed by atoms with Crippen molar-refractivity contribution in [3.8, 4) is 12.3 Å². The zero-order valence-electron chi connectivity index (χ0n) is 6.06. The maximum Gasteiger partial charge on any atom is 0.00861 e. The molecule has 0 radical (unpaired) electrons. The summed E-state index contributed by atoms with van der Waals surface area (Å²) in [7, 11) is 0. The first-order valence-corrected chi connectivity index (χ1v) is 3.46. The van der Waals surface area contributed by atoms with Crippen molar-refractivity contribution in [3.05, 3.63) is 12.2 Å². The predicted molar refractivity (Wildman–Crippen MR) is 42.1 cm³/mol. The first kappa shape index (κ1) is 8.30. The SMILES string of the molecule is C#CCCCCC=CC. The van der Waals surface area contributed by atoms with Gasteiger partial charge >= 0.3 is 0 Å².